The maximum Gasteiger partial charge on any atom is 0.143 e. The van der Waals surface area contributed by atoms with Crippen molar-refractivity contribution in [3.8, 4) is 39.1 Å². The van der Waals surface area contributed by atoms with Crippen LogP contribution in [0.15, 0.2) is 197 Å². The van der Waals surface area contributed by atoms with Gasteiger partial charge in [-0.1, -0.05) is 146 Å². The Morgan fingerprint density at radius 2 is 0.862 bits per heavy atom. The monoisotopic (exact) mass is 737 g/mol. The average Bonchev–Trinajstić information content (AvgIpc) is 4.03. The molecule has 12 aromatic rings. The summed E-state index contributed by atoms with van der Waals surface area (Å²) in [5.41, 5.74) is 18.9. The Morgan fingerprint density at radius 1 is 0.345 bits per heavy atom. The molecule has 4 heterocycles. The van der Waals surface area contributed by atoms with Crippen LogP contribution in [0.2, 0.25) is 0 Å². The molecule has 3 heteroatoms. The van der Waals surface area contributed by atoms with Gasteiger partial charge in [-0.05, 0) is 87.0 Å². The van der Waals surface area contributed by atoms with E-state index < -0.39 is 5.41 Å². The van der Waals surface area contributed by atoms with Gasteiger partial charge in [0, 0.05) is 43.4 Å². The number of aromatic nitrogens is 1. The molecule has 3 aromatic heterocycles. The molecule has 2 aliphatic rings. The molecule has 3 nitrogen and oxygen atoms in total. The van der Waals surface area contributed by atoms with Gasteiger partial charge in [0.15, 0.2) is 0 Å². The Balaban J connectivity index is 1.16. The zero-order valence-corrected chi connectivity index (χ0v) is 31.2. The van der Waals surface area contributed by atoms with Crippen LogP contribution < -0.4 is 0 Å². The van der Waals surface area contributed by atoms with Crippen molar-refractivity contribution in [3.05, 3.63) is 210 Å². The number of fused-ring (bicyclic) bond motifs is 18. The normalized spacial score (nSPS) is 13.7. The van der Waals surface area contributed by atoms with E-state index in [9.17, 15) is 0 Å². The van der Waals surface area contributed by atoms with Crippen molar-refractivity contribution in [1.82, 2.24) is 4.57 Å². The largest absolute Gasteiger partial charge is 0.455 e. The van der Waals surface area contributed by atoms with Gasteiger partial charge in [0.2, 0.25) is 0 Å². The molecule has 1 aliphatic carbocycles. The standard InChI is InChI=1S/C55H31NO2/c1-5-21-44-36(13-1)37-14-2-6-22-45(37)55(44)46-23-7-8-24-49(46)56-48-28-27-32(34-17-11-19-40-38-15-3-9-25-50(38)57-53(34)40)29-42(48)43-30-33(31-47(55)52(43)56)35-18-12-20-41-39-16-4-10-26-51(39)58-54(35)41/h1-31H. The lowest BCUT2D eigenvalue weighted by molar-refractivity contribution is 0.669. The molecule has 9 aromatic carbocycles. The Bertz CT molecular complexity index is 3710. The van der Waals surface area contributed by atoms with E-state index in [2.05, 4.69) is 187 Å². The van der Waals surface area contributed by atoms with Crippen LogP contribution in [0.3, 0.4) is 0 Å². The quantitative estimate of drug-likeness (QED) is 0.177. The summed E-state index contributed by atoms with van der Waals surface area (Å²) in [6.07, 6.45) is 0. The smallest absolute Gasteiger partial charge is 0.143 e. The topological polar surface area (TPSA) is 31.2 Å². The van der Waals surface area contributed by atoms with Gasteiger partial charge < -0.3 is 13.4 Å². The minimum absolute atomic E-state index is 0.549. The van der Waals surface area contributed by atoms with E-state index in [0.717, 1.165) is 66.1 Å². The third kappa shape index (κ3) is 3.65. The van der Waals surface area contributed by atoms with E-state index in [0.29, 0.717) is 0 Å². The van der Waals surface area contributed by atoms with E-state index in [-0.39, 0.29) is 0 Å². The summed E-state index contributed by atoms with van der Waals surface area (Å²) in [6.45, 7) is 0. The molecule has 268 valence electrons. The summed E-state index contributed by atoms with van der Waals surface area (Å²) in [5, 5.41) is 6.94. The Hall–Kier alpha value is -7.62. The summed E-state index contributed by atoms with van der Waals surface area (Å²) >= 11 is 0. The van der Waals surface area contributed by atoms with Crippen LogP contribution >= 0.6 is 0 Å². The van der Waals surface area contributed by atoms with E-state index in [4.69, 9.17) is 8.83 Å². The number of hydrogen-bond donors (Lipinski definition) is 0. The van der Waals surface area contributed by atoms with Crippen LogP contribution in [0.1, 0.15) is 22.3 Å². The summed E-state index contributed by atoms with van der Waals surface area (Å²) < 4.78 is 15.9. The van der Waals surface area contributed by atoms with Gasteiger partial charge in [-0.25, -0.2) is 0 Å². The van der Waals surface area contributed by atoms with Crippen LogP contribution in [0.4, 0.5) is 0 Å². The van der Waals surface area contributed by atoms with E-state index in [1.165, 1.54) is 60.9 Å². The first-order chi connectivity index (χ1) is 28.8. The minimum Gasteiger partial charge on any atom is -0.455 e. The van der Waals surface area contributed by atoms with Gasteiger partial charge in [-0.15, -0.1) is 0 Å². The first-order valence-corrected chi connectivity index (χ1v) is 20.0. The molecule has 1 spiro atoms. The third-order valence-electron chi connectivity index (χ3n) is 13.2. The maximum atomic E-state index is 6.74. The summed E-state index contributed by atoms with van der Waals surface area (Å²) in [5.74, 6) is 0. The van der Waals surface area contributed by atoms with Gasteiger partial charge in [0.1, 0.15) is 22.3 Å². The number of hydrogen-bond acceptors (Lipinski definition) is 2. The van der Waals surface area contributed by atoms with Crippen molar-refractivity contribution in [1.29, 1.82) is 0 Å². The molecule has 0 bridgehead atoms. The number of rotatable bonds is 2. The lowest BCUT2D eigenvalue weighted by atomic mass is 9.65. The van der Waals surface area contributed by atoms with Gasteiger partial charge in [-0.3, -0.25) is 0 Å². The van der Waals surface area contributed by atoms with Crippen molar-refractivity contribution in [2.75, 3.05) is 0 Å². The number of furan rings is 2. The average molecular weight is 738 g/mol. The highest BCUT2D eigenvalue weighted by atomic mass is 16.3. The number of benzene rings is 9. The van der Waals surface area contributed by atoms with Crippen LogP contribution in [0, 0.1) is 0 Å². The van der Waals surface area contributed by atoms with E-state index >= 15 is 0 Å². The van der Waals surface area contributed by atoms with Crippen LogP contribution in [-0.2, 0) is 5.41 Å². The molecule has 1 aliphatic heterocycles. The SMILES string of the molecule is c1ccc2c(c1)-c1ccccc1C21c2ccccc2-n2c3ccc(-c4cccc5c4oc4ccccc45)cc3c3cc(-c4cccc5c4oc4ccccc45)cc1c32. The van der Waals surface area contributed by atoms with Crippen molar-refractivity contribution in [2.45, 2.75) is 5.41 Å². The highest BCUT2D eigenvalue weighted by molar-refractivity contribution is 6.17. The van der Waals surface area contributed by atoms with Gasteiger partial charge in [0.05, 0.1) is 22.1 Å². The van der Waals surface area contributed by atoms with E-state index in [1.54, 1.807) is 0 Å². The highest BCUT2D eigenvalue weighted by Gasteiger charge is 2.51. The molecular formula is C55H31NO2. The molecule has 14 rings (SSSR count). The fourth-order valence-corrected chi connectivity index (χ4v) is 10.9. The maximum absolute atomic E-state index is 6.74. The highest BCUT2D eigenvalue weighted by Crippen LogP contribution is 2.61. The fraction of sp³-hybridized carbons (Fsp3) is 0.0182. The second-order valence-corrected chi connectivity index (χ2v) is 15.9. The molecule has 58 heavy (non-hydrogen) atoms. The van der Waals surface area contributed by atoms with Crippen molar-refractivity contribution >= 4 is 65.7 Å². The van der Waals surface area contributed by atoms with Crippen molar-refractivity contribution in [3.63, 3.8) is 0 Å². The lowest BCUT2D eigenvalue weighted by Gasteiger charge is -2.39. The van der Waals surface area contributed by atoms with Gasteiger partial charge in [0.25, 0.3) is 0 Å². The Labute approximate surface area is 332 Å². The predicted octanol–water partition coefficient (Wildman–Crippen LogP) is 14.6. The summed E-state index contributed by atoms with van der Waals surface area (Å²) in [6, 6.07) is 68.9. The predicted molar refractivity (Wildman–Crippen MR) is 237 cm³/mol. The number of para-hydroxylation sites is 5. The second-order valence-electron chi connectivity index (χ2n) is 15.9. The third-order valence-corrected chi connectivity index (χ3v) is 13.2. The van der Waals surface area contributed by atoms with E-state index in [1.807, 2.05) is 6.07 Å². The molecule has 0 saturated heterocycles. The summed E-state index contributed by atoms with van der Waals surface area (Å²) in [7, 11) is 0. The van der Waals surface area contributed by atoms with Gasteiger partial charge in [-0.2, -0.15) is 0 Å². The molecule has 0 amide bonds. The first-order valence-electron chi connectivity index (χ1n) is 20.0. The van der Waals surface area contributed by atoms with Crippen molar-refractivity contribution < 1.29 is 8.83 Å². The minimum atomic E-state index is -0.549. The number of nitrogens with zero attached hydrogens (tertiary/aromatic N) is 1. The second kappa shape index (κ2) is 10.8. The van der Waals surface area contributed by atoms with Crippen LogP contribution in [0.5, 0.6) is 0 Å². The molecule has 0 atom stereocenters. The van der Waals surface area contributed by atoms with Gasteiger partial charge >= 0.3 is 0 Å². The zero-order chi connectivity index (χ0) is 37.7. The van der Waals surface area contributed by atoms with Crippen molar-refractivity contribution in [2.24, 2.45) is 0 Å². The van der Waals surface area contributed by atoms with Crippen LogP contribution in [0.25, 0.3) is 105 Å². The van der Waals surface area contributed by atoms with Crippen LogP contribution in [-0.4, -0.2) is 4.57 Å². The Morgan fingerprint density at radius 3 is 1.53 bits per heavy atom. The molecular weight excluding hydrogens is 707 g/mol. The zero-order valence-electron chi connectivity index (χ0n) is 31.2. The molecule has 0 N–H and O–H groups in total. The molecule has 0 radical (unpaired) electrons. The molecule has 0 fully saturated rings. The Kier molecular flexibility index (Phi) is 5.70. The first kappa shape index (κ1) is 30.6. The lowest BCUT2D eigenvalue weighted by Crippen LogP contribution is -2.33. The molecule has 0 saturated carbocycles. The molecule has 0 unspecified atom stereocenters. The summed E-state index contributed by atoms with van der Waals surface area (Å²) in [4.78, 5) is 0. The fourth-order valence-electron chi connectivity index (χ4n) is 10.9.